The molecule has 0 saturated carbocycles. The SMILES string of the molecule is CCc1cc(N(C)c2ccncc2)c(S(C)(=O)=O)cc1C(=O)Cl. The van der Waals surface area contributed by atoms with Gasteiger partial charge >= 0.3 is 0 Å². The fourth-order valence-corrected chi connectivity index (χ4v) is 3.44. The first-order valence-corrected chi connectivity index (χ1v) is 9.23. The Balaban J connectivity index is 2.73. The number of hydrogen-bond acceptors (Lipinski definition) is 5. The third-order valence-electron chi connectivity index (χ3n) is 3.59. The minimum Gasteiger partial charge on any atom is -0.343 e. The van der Waals surface area contributed by atoms with E-state index in [4.69, 9.17) is 11.6 Å². The molecule has 0 atom stereocenters. The summed E-state index contributed by atoms with van der Waals surface area (Å²) >= 11 is 5.60. The van der Waals surface area contributed by atoms with Crippen LogP contribution in [0.5, 0.6) is 0 Å². The van der Waals surface area contributed by atoms with Gasteiger partial charge in [0, 0.05) is 36.9 Å². The van der Waals surface area contributed by atoms with Crippen LogP contribution in [-0.4, -0.2) is 31.9 Å². The first-order chi connectivity index (χ1) is 10.8. The fraction of sp³-hybridized carbons (Fsp3) is 0.250. The van der Waals surface area contributed by atoms with Crippen molar-refractivity contribution in [3.05, 3.63) is 47.8 Å². The molecule has 2 aromatic rings. The quantitative estimate of drug-likeness (QED) is 0.773. The summed E-state index contributed by atoms with van der Waals surface area (Å²) in [7, 11) is -1.77. The summed E-state index contributed by atoms with van der Waals surface area (Å²) in [5.74, 6) is 0. The molecule has 7 heteroatoms. The van der Waals surface area contributed by atoms with Gasteiger partial charge in [-0.05, 0) is 47.9 Å². The van der Waals surface area contributed by atoms with Crippen LogP contribution in [0.25, 0.3) is 0 Å². The summed E-state index contributed by atoms with van der Waals surface area (Å²) in [6.45, 7) is 1.88. The van der Waals surface area contributed by atoms with E-state index in [9.17, 15) is 13.2 Å². The van der Waals surface area contributed by atoms with Crippen LogP contribution in [-0.2, 0) is 16.3 Å². The summed E-state index contributed by atoms with van der Waals surface area (Å²) in [6.07, 6.45) is 4.93. The summed E-state index contributed by atoms with van der Waals surface area (Å²) in [5, 5.41) is -0.662. The highest BCUT2D eigenvalue weighted by atomic mass is 35.5. The predicted octanol–water partition coefficient (Wildman–Crippen LogP) is 3.19. The third-order valence-corrected chi connectivity index (χ3v) is 4.92. The smallest absolute Gasteiger partial charge is 0.252 e. The Hall–Kier alpha value is -1.92. The largest absolute Gasteiger partial charge is 0.343 e. The molecular formula is C16H17ClN2O3S. The first-order valence-electron chi connectivity index (χ1n) is 6.96. The molecule has 0 aliphatic rings. The number of anilines is 2. The molecule has 2 rings (SSSR count). The number of sulfone groups is 1. The Labute approximate surface area is 140 Å². The molecule has 0 aliphatic carbocycles. The van der Waals surface area contributed by atoms with Gasteiger partial charge < -0.3 is 4.90 Å². The Bertz CT molecular complexity index is 836. The van der Waals surface area contributed by atoms with Gasteiger partial charge in [0.2, 0.25) is 0 Å². The summed E-state index contributed by atoms with van der Waals surface area (Å²) in [4.78, 5) is 17.4. The van der Waals surface area contributed by atoms with E-state index in [1.165, 1.54) is 6.07 Å². The van der Waals surface area contributed by atoms with Gasteiger partial charge in [0.25, 0.3) is 5.24 Å². The molecule has 0 amide bonds. The van der Waals surface area contributed by atoms with E-state index < -0.39 is 15.1 Å². The number of rotatable bonds is 5. The molecule has 5 nitrogen and oxygen atoms in total. The Morgan fingerprint density at radius 2 is 1.87 bits per heavy atom. The van der Waals surface area contributed by atoms with Crippen molar-refractivity contribution in [3.8, 4) is 0 Å². The van der Waals surface area contributed by atoms with Gasteiger partial charge in [-0.25, -0.2) is 8.42 Å². The predicted molar refractivity (Wildman–Crippen MR) is 91.4 cm³/mol. The lowest BCUT2D eigenvalue weighted by Gasteiger charge is -2.23. The molecule has 1 heterocycles. The number of hydrogen-bond donors (Lipinski definition) is 0. The zero-order chi connectivity index (χ0) is 17.2. The number of aromatic nitrogens is 1. The maximum Gasteiger partial charge on any atom is 0.252 e. The normalized spacial score (nSPS) is 11.3. The van der Waals surface area contributed by atoms with Gasteiger partial charge in [0.15, 0.2) is 9.84 Å². The van der Waals surface area contributed by atoms with Crippen LogP contribution >= 0.6 is 11.6 Å². The van der Waals surface area contributed by atoms with Crippen molar-refractivity contribution in [2.75, 3.05) is 18.2 Å². The number of nitrogens with zero attached hydrogens (tertiary/aromatic N) is 2. The number of carbonyl (C=O) groups excluding carboxylic acids is 1. The lowest BCUT2D eigenvalue weighted by atomic mass is 10.0. The van der Waals surface area contributed by atoms with Crippen LogP contribution in [0.15, 0.2) is 41.6 Å². The molecule has 0 spiro atoms. The molecule has 122 valence electrons. The van der Waals surface area contributed by atoms with Crippen molar-refractivity contribution in [1.82, 2.24) is 4.98 Å². The van der Waals surface area contributed by atoms with Crippen molar-refractivity contribution in [1.29, 1.82) is 0 Å². The van der Waals surface area contributed by atoms with Crippen molar-refractivity contribution in [2.45, 2.75) is 18.2 Å². The van der Waals surface area contributed by atoms with Crippen molar-refractivity contribution >= 4 is 38.1 Å². The summed E-state index contributed by atoms with van der Waals surface area (Å²) < 4.78 is 24.3. The Morgan fingerprint density at radius 3 is 2.35 bits per heavy atom. The minimum atomic E-state index is -3.54. The van der Waals surface area contributed by atoms with E-state index in [1.807, 2.05) is 6.92 Å². The van der Waals surface area contributed by atoms with Crippen LogP contribution < -0.4 is 4.90 Å². The molecule has 0 bridgehead atoms. The highest BCUT2D eigenvalue weighted by molar-refractivity contribution is 7.90. The summed E-state index contributed by atoms with van der Waals surface area (Å²) in [5.41, 5.74) is 2.21. The topological polar surface area (TPSA) is 67.3 Å². The second-order valence-corrected chi connectivity index (χ2v) is 7.47. The zero-order valence-corrected chi connectivity index (χ0v) is 14.6. The van der Waals surface area contributed by atoms with Gasteiger partial charge in [-0.15, -0.1) is 0 Å². The molecule has 0 fully saturated rings. The van der Waals surface area contributed by atoms with E-state index in [0.717, 1.165) is 11.9 Å². The van der Waals surface area contributed by atoms with E-state index in [2.05, 4.69) is 4.98 Å². The average molecular weight is 353 g/mol. The minimum absolute atomic E-state index is 0.0676. The molecule has 0 saturated heterocycles. The van der Waals surface area contributed by atoms with Crippen molar-refractivity contribution in [2.24, 2.45) is 0 Å². The standard InChI is InChI=1S/C16H17ClN2O3S/c1-4-11-9-14(19(2)12-5-7-18-8-6-12)15(23(3,21)22)10-13(11)16(17)20/h5-10H,4H2,1-3H3. The van der Waals surface area contributed by atoms with Crippen molar-refractivity contribution in [3.63, 3.8) is 0 Å². The average Bonchev–Trinajstić information content (AvgIpc) is 2.52. The Morgan fingerprint density at radius 1 is 1.26 bits per heavy atom. The highest BCUT2D eigenvalue weighted by Crippen LogP contribution is 2.33. The number of carbonyl (C=O) groups is 1. The van der Waals surface area contributed by atoms with Gasteiger partial charge in [-0.1, -0.05) is 6.92 Å². The molecule has 0 radical (unpaired) electrons. The summed E-state index contributed by atoms with van der Waals surface area (Å²) in [6, 6.07) is 6.61. The number of pyridine rings is 1. The van der Waals surface area contributed by atoms with Crippen molar-refractivity contribution < 1.29 is 13.2 Å². The lowest BCUT2D eigenvalue weighted by Crippen LogP contribution is -2.15. The van der Waals surface area contributed by atoms with Crippen LogP contribution in [0.3, 0.4) is 0 Å². The van der Waals surface area contributed by atoms with Gasteiger partial charge in [-0.2, -0.15) is 0 Å². The van der Waals surface area contributed by atoms with Crippen LogP contribution in [0.4, 0.5) is 11.4 Å². The van der Waals surface area contributed by atoms with Gasteiger partial charge in [0.05, 0.1) is 10.6 Å². The van der Waals surface area contributed by atoms with Crippen LogP contribution in [0, 0.1) is 0 Å². The second kappa shape index (κ2) is 6.68. The van der Waals surface area contributed by atoms with Crippen LogP contribution in [0.2, 0.25) is 0 Å². The number of aryl methyl sites for hydroxylation is 1. The van der Waals surface area contributed by atoms with E-state index in [0.29, 0.717) is 17.7 Å². The van der Waals surface area contributed by atoms with E-state index in [1.54, 1.807) is 42.5 Å². The number of halogens is 1. The molecule has 1 aromatic carbocycles. The maximum absolute atomic E-state index is 12.2. The molecular weight excluding hydrogens is 336 g/mol. The maximum atomic E-state index is 12.2. The first kappa shape index (κ1) is 17.4. The van der Waals surface area contributed by atoms with Crippen LogP contribution in [0.1, 0.15) is 22.8 Å². The number of benzene rings is 1. The molecule has 0 aliphatic heterocycles. The molecule has 1 aromatic heterocycles. The van der Waals surface area contributed by atoms with Gasteiger partial charge in [-0.3, -0.25) is 9.78 Å². The molecule has 0 unspecified atom stereocenters. The Kier molecular flexibility index (Phi) is 5.06. The lowest BCUT2D eigenvalue weighted by molar-refractivity contribution is 0.108. The monoisotopic (exact) mass is 352 g/mol. The van der Waals surface area contributed by atoms with E-state index >= 15 is 0 Å². The third kappa shape index (κ3) is 3.71. The van der Waals surface area contributed by atoms with Gasteiger partial charge in [0.1, 0.15) is 0 Å². The van der Waals surface area contributed by atoms with E-state index in [-0.39, 0.29) is 10.5 Å². The fourth-order valence-electron chi connectivity index (χ4n) is 2.35. The zero-order valence-electron chi connectivity index (χ0n) is 13.1. The molecule has 23 heavy (non-hydrogen) atoms. The highest BCUT2D eigenvalue weighted by Gasteiger charge is 2.22. The molecule has 0 N–H and O–H groups in total. The second-order valence-electron chi connectivity index (χ2n) is 5.14.